The average Bonchev–Trinajstić information content (AvgIpc) is 2.15. The van der Waals surface area contributed by atoms with E-state index < -0.39 is 0 Å². The second-order valence-corrected chi connectivity index (χ2v) is 4.73. The van der Waals surface area contributed by atoms with E-state index in [0.717, 1.165) is 5.75 Å². The Kier molecular flexibility index (Phi) is 4.74. The molecule has 14 heavy (non-hydrogen) atoms. The van der Waals surface area contributed by atoms with Crippen molar-refractivity contribution in [3.63, 3.8) is 0 Å². The number of Topliss-reactive ketones (excluding diaryl/α,β-unsaturated/α-hetero) is 1. The molecule has 76 valence electrons. The largest absolute Gasteiger partial charge is 0.300 e. The van der Waals surface area contributed by atoms with E-state index in [0.29, 0.717) is 12.3 Å². The fraction of sp³-hybridized carbons (Fsp3) is 0.417. The van der Waals surface area contributed by atoms with Gasteiger partial charge in [0.05, 0.1) is 0 Å². The smallest absolute Gasteiger partial charge is 0.130 e. The second kappa shape index (κ2) is 5.86. The third kappa shape index (κ3) is 4.47. The zero-order valence-electron chi connectivity index (χ0n) is 8.69. The summed E-state index contributed by atoms with van der Waals surface area (Å²) >= 11 is 1.82. The first-order chi connectivity index (χ1) is 6.68. The molecule has 1 nitrogen and oxygen atoms in total. The van der Waals surface area contributed by atoms with Gasteiger partial charge in [-0.2, -0.15) is 0 Å². The summed E-state index contributed by atoms with van der Waals surface area (Å²) in [6, 6.07) is 10.3. The lowest BCUT2D eigenvalue weighted by Gasteiger charge is -2.08. The molecule has 1 rings (SSSR count). The highest BCUT2D eigenvalue weighted by Crippen LogP contribution is 2.21. The monoisotopic (exact) mass is 208 g/mol. The van der Waals surface area contributed by atoms with Gasteiger partial charge in [-0.15, -0.1) is 11.8 Å². The van der Waals surface area contributed by atoms with Crippen LogP contribution in [0.3, 0.4) is 0 Å². The zero-order chi connectivity index (χ0) is 10.4. The fourth-order valence-corrected chi connectivity index (χ4v) is 2.25. The summed E-state index contributed by atoms with van der Waals surface area (Å²) in [5, 5.41) is 0. The van der Waals surface area contributed by atoms with E-state index in [-0.39, 0.29) is 5.78 Å². The molecule has 0 N–H and O–H groups in total. The minimum Gasteiger partial charge on any atom is -0.300 e. The van der Waals surface area contributed by atoms with E-state index in [4.69, 9.17) is 0 Å². The third-order valence-corrected chi connectivity index (χ3v) is 3.25. The molecule has 0 aliphatic carbocycles. The Labute approximate surface area is 89.9 Å². The topological polar surface area (TPSA) is 17.1 Å². The Hall–Kier alpha value is -0.760. The van der Waals surface area contributed by atoms with Crippen molar-refractivity contribution in [2.24, 2.45) is 5.92 Å². The summed E-state index contributed by atoms with van der Waals surface area (Å²) in [6.07, 6.45) is 0.694. The summed E-state index contributed by atoms with van der Waals surface area (Å²) in [4.78, 5) is 12.1. The van der Waals surface area contributed by atoms with E-state index >= 15 is 0 Å². The minimum absolute atomic E-state index is 0.283. The predicted octanol–water partition coefficient (Wildman–Crippen LogP) is 3.39. The maximum atomic E-state index is 10.9. The van der Waals surface area contributed by atoms with Gasteiger partial charge < -0.3 is 4.79 Å². The van der Waals surface area contributed by atoms with Crippen LogP contribution in [0.25, 0.3) is 0 Å². The Morgan fingerprint density at radius 2 is 2.00 bits per heavy atom. The van der Waals surface area contributed by atoms with Crippen molar-refractivity contribution in [2.75, 3.05) is 5.75 Å². The summed E-state index contributed by atoms with van der Waals surface area (Å²) in [6.45, 7) is 3.78. The second-order valence-electron chi connectivity index (χ2n) is 3.64. The fourth-order valence-electron chi connectivity index (χ4n) is 1.30. The van der Waals surface area contributed by atoms with Gasteiger partial charge in [0.15, 0.2) is 0 Å². The molecule has 0 saturated heterocycles. The minimum atomic E-state index is 0.283. The first-order valence-electron chi connectivity index (χ1n) is 4.86. The SMILES string of the molecule is CC(=O)CC(C)CSc1ccccc1. The lowest BCUT2D eigenvalue weighted by molar-refractivity contribution is -0.117. The lowest BCUT2D eigenvalue weighted by atomic mass is 10.1. The van der Waals surface area contributed by atoms with Crippen LogP contribution in [0.15, 0.2) is 35.2 Å². The molecular weight excluding hydrogens is 192 g/mol. The average molecular weight is 208 g/mol. The normalized spacial score (nSPS) is 12.4. The standard InChI is InChI=1S/C12H16OS/c1-10(8-11(2)13)9-14-12-6-4-3-5-7-12/h3-7,10H,8-9H2,1-2H3. The highest BCUT2D eigenvalue weighted by Gasteiger charge is 2.05. The number of ketones is 1. The molecule has 0 aliphatic rings. The quantitative estimate of drug-likeness (QED) is 0.690. The van der Waals surface area contributed by atoms with Crippen LogP contribution in [0.2, 0.25) is 0 Å². The Bertz CT molecular complexity index is 282. The van der Waals surface area contributed by atoms with Crippen LogP contribution in [0.1, 0.15) is 20.3 Å². The summed E-state index contributed by atoms with van der Waals surface area (Å²) < 4.78 is 0. The zero-order valence-corrected chi connectivity index (χ0v) is 9.51. The van der Waals surface area contributed by atoms with Gasteiger partial charge in [-0.25, -0.2) is 0 Å². The highest BCUT2D eigenvalue weighted by atomic mass is 32.2. The number of thioether (sulfide) groups is 1. The van der Waals surface area contributed by atoms with E-state index in [1.165, 1.54) is 4.90 Å². The molecule has 0 aromatic heterocycles. The molecule has 1 unspecified atom stereocenters. The van der Waals surface area contributed by atoms with Crippen LogP contribution in [0, 0.1) is 5.92 Å². The molecule has 1 aromatic rings. The van der Waals surface area contributed by atoms with E-state index in [1.54, 1.807) is 6.92 Å². The molecule has 0 spiro atoms. The molecular formula is C12H16OS. The van der Waals surface area contributed by atoms with E-state index in [9.17, 15) is 4.79 Å². The van der Waals surface area contributed by atoms with Crippen LogP contribution in [-0.4, -0.2) is 11.5 Å². The van der Waals surface area contributed by atoms with Gasteiger partial charge in [-0.1, -0.05) is 25.1 Å². The van der Waals surface area contributed by atoms with Crippen LogP contribution in [0.4, 0.5) is 0 Å². The van der Waals surface area contributed by atoms with Gasteiger partial charge in [0, 0.05) is 17.1 Å². The number of rotatable bonds is 5. The molecule has 0 radical (unpaired) electrons. The van der Waals surface area contributed by atoms with Crippen molar-refractivity contribution in [1.82, 2.24) is 0 Å². The van der Waals surface area contributed by atoms with E-state index in [2.05, 4.69) is 19.1 Å². The van der Waals surface area contributed by atoms with Gasteiger partial charge in [-0.3, -0.25) is 0 Å². The molecule has 0 bridgehead atoms. The van der Waals surface area contributed by atoms with Gasteiger partial charge in [0.1, 0.15) is 5.78 Å². The Morgan fingerprint density at radius 1 is 1.36 bits per heavy atom. The molecule has 0 fully saturated rings. The third-order valence-electron chi connectivity index (χ3n) is 1.91. The number of hydrogen-bond acceptors (Lipinski definition) is 2. The first-order valence-corrected chi connectivity index (χ1v) is 5.84. The Morgan fingerprint density at radius 3 is 2.57 bits per heavy atom. The number of hydrogen-bond donors (Lipinski definition) is 0. The van der Waals surface area contributed by atoms with Crippen molar-refractivity contribution < 1.29 is 4.79 Å². The van der Waals surface area contributed by atoms with Crippen molar-refractivity contribution in [1.29, 1.82) is 0 Å². The van der Waals surface area contributed by atoms with Crippen LogP contribution >= 0.6 is 11.8 Å². The number of carbonyl (C=O) groups excluding carboxylic acids is 1. The maximum Gasteiger partial charge on any atom is 0.130 e. The van der Waals surface area contributed by atoms with Crippen molar-refractivity contribution in [3.05, 3.63) is 30.3 Å². The first kappa shape index (κ1) is 11.3. The lowest BCUT2D eigenvalue weighted by Crippen LogP contribution is -2.03. The van der Waals surface area contributed by atoms with Crippen molar-refractivity contribution >= 4 is 17.5 Å². The maximum absolute atomic E-state index is 10.9. The van der Waals surface area contributed by atoms with Crippen LogP contribution < -0.4 is 0 Å². The van der Waals surface area contributed by atoms with Gasteiger partial charge in [0.25, 0.3) is 0 Å². The van der Waals surface area contributed by atoms with Crippen LogP contribution in [0.5, 0.6) is 0 Å². The van der Waals surface area contributed by atoms with E-state index in [1.807, 2.05) is 30.0 Å². The van der Waals surface area contributed by atoms with Crippen molar-refractivity contribution in [3.8, 4) is 0 Å². The molecule has 0 amide bonds. The van der Waals surface area contributed by atoms with Crippen LogP contribution in [-0.2, 0) is 4.79 Å². The van der Waals surface area contributed by atoms with Crippen molar-refractivity contribution in [2.45, 2.75) is 25.2 Å². The van der Waals surface area contributed by atoms with Gasteiger partial charge in [0.2, 0.25) is 0 Å². The summed E-state index contributed by atoms with van der Waals surface area (Å²) in [5.74, 6) is 1.77. The van der Waals surface area contributed by atoms with Gasteiger partial charge in [-0.05, 0) is 25.0 Å². The number of carbonyl (C=O) groups is 1. The molecule has 1 atom stereocenters. The predicted molar refractivity (Wildman–Crippen MR) is 61.6 cm³/mol. The summed E-state index contributed by atoms with van der Waals surface area (Å²) in [7, 11) is 0. The molecule has 1 aromatic carbocycles. The molecule has 0 heterocycles. The Balaban J connectivity index is 2.30. The summed E-state index contributed by atoms with van der Waals surface area (Å²) in [5.41, 5.74) is 0. The molecule has 0 saturated carbocycles. The highest BCUT2D eigenvalue weighted by molar-refractivity contribution is 7.99. The van der Waals surface area contributed by atoms with Gasteiger partial charge >= 0.3 is 0 Å². The molecule has 0 aliphatic heterocycles. The number of benzene rings is 1. The molecule has 2 heteroatoms.